The molecule has 0 bridgehead atoms. The number of nitrogens with one attached hydrogen (secondary N) is 1. The van der Waals surface area contributed by atoms with E-state index >= 15 is 0 Å². The van der Waals surface area contributed by atoms with Crippen LogP contribution in [0.3, 0.4) is 0 Å². The Bertz CT molecular complexity index is 1270. The highest BCUT2D eigenvalue weighted by Gasteiger charge is 2.48. The van der Waals surface area contributed by atoms with Crippen molar-refractivity contribution in [2.24, 2.45) is 0 Å². The lowest BCUT2D eigenvalue weighted by Gasteiger charge is -2.18. The van der Waals surface area contributed by atoms with Crippen LogP contribution in [0.15, 0.2) is 41.3 Å². The zero-order chi connectivity index (χ0) is 22.6. The number of anilines is 1. The van der Waals surface area contributed by atoms with Gasteiger partial charge >= 0.3 is 0 Å². The Morgan fingerprint density at radius 3 is 2.44 bits per heavy atom. The van der Waals surface area contributed by atoms with Gasteiger partial charge in [-0.15, -0.1) is 0 Å². The van der Waals surface area contributed by atoms with E-state index in [0.717, 1.165) is 17.1 Å². The smallest absolute Gasteiger partial charge is 0.269 e. The fourth-order valence-electron chi connectivity index (χ4n) is 4.15. The van der Waals surface area contributed by atoms with Crippen molar-refractivity contribution in [2.45, 2.75) is 36.6 Å². The molecule has 10 heteroatoms. The molecule has 3 amide bonds. The molecule has 0 unspecified atom stereocenters. The largest absolute Gasteiger partial charge is 0.339 e. The number of benzene rings is 2. The molecule has 1 saturated carbocycles. The number of nitrogens with zero attached hydrogens (tertiary/aromatic N) is 2. The zero-order valence-electron chi connectivity index (χ0n) is 17.0. The van der Waals surface area contributed by atoms with Crippen molar-refractivity contribution in [2.75, 3.05) is 18.4 Å². The van der Waals surface area contributed by atoms with Crippen molar-refractivity contribution in [3.63, 3.8) is 0 Å². The number of hydrogen-bond donors (Lipinski definition) is 1. The second-order valence-electron chi connectivity index (χ2n) is 8.19. The first-order valence-corrected chi connectivity index (χ1v) is 12.2. The molecule has 32 heavy (non-hydrogen) atoms. The molecule has 0 radical (unpaired) electrons. The van der Waals surface area contributed by atoms with E-state index in [1.807, 2.05) is 0 Å². The van der Waals surface area contributed by atoms with E-state index in [9.17, 15) is 22.8 Å². The van der Waals surface area contributed by atoms with E-state index in [4.69, 9.17) is 11.6 Å². The normalized spacial score (nSPS) is 19.2. The van der Waals surface area contributed by atoms with Crippen LogP contribution in [0.1, 0.15) is 56.8 Å². The monoisotopic (exact) mass is 473 g/mol. The summed E-state index contributed by atoms with van der Waals surface area (Å²) in [6, 6.07) is 8.32. The van der Waals surface area contributed by atoms with Crippen LogP contribution in [-0.2, 0) is 10.0 Å². The Labute approximate surface area is 190 Å². The van der Waals surface area contributed by atoms with Crippen LogP contribution in [0.25, 0.3) is 0 Å². The van der Waals surface area contributed by atoms with E-state index in [2.05, 4.69) is 5.32 Å². The molecule has 3 aliphatic rings. The standard InChI is InChI=1S/C22H20ClN3O5S/c23-14-4-8-18(17(12-14)21(28)25-9-1-2-10-25)24-20(27)13-3-7-16-19(11-13)32(30,31)26(22(16)29)15-5-6-15/h3-4,7-8,11-12,15H,1-2,5-6,9-10H2,(H,24,27). The highest BCUT2D eigenvalue weighted by Crippen LogP contribution is 2.39. The molecular formula is C22H20ClN3O5S. The number of carbonyl (C=O) groups is 3. The molecule has 2 fully saturated rings. The number of likely N-dealkylation sites (tertiary alicyclic amines) is 1. The van der Waals surface area contributed by atoms with E-state index < -0.39 is 21.8 Å². The van der Waals surface area contributed by atoms with Gasteiger partial charge in [0.2, 0.25) is 0 Å². The van der Waals surface area contributed by atoms with Gasteiger partial charge in [-0.2, -0.15) is 0 Å². The molecule has 2 aromatic rings. The molecular weight excluding hydrogens is 454 g/mol. The van der Waals surface area contributed by atoms with Gasteiger partial charge in [0.25, 0.3) is 27.7 Å². The van der Waals surface area contributed by atoms with E-state index in [1.165, 1.54) is 24.3 Å². The summed E-state index contributed by atoms with van der Waals surface area (Å²) in [6.45, 7) is 1.29. The second kappa shape index (κ2) is 7.60. The minimum Gasteiger partial charge on any atom is -0.339 e. The number of halogens is 1. The number of fused-ring (bicyclic) bond motifs is 1. The average molecular weight is 474 g/mol. The van der Waals surface area contributed by atoms with Crippen LogP contribution in [-0.4, -0.2) is 54.5 Å². The second-order valence-corrected chi connectivity index (χ2v) is 10.4. The molecule has 0 atom stereocenters. The average Bonchev–Trinajstić information content (AvgIpc) is 3.38. The Morgan fingerprint density at radius 1 is 1.03 bits per heavy atom. The third-order valence-electron chi connectivity index (χ3n) is 5.94. The first-order valence-electron chi connectivity index (χ1n) is 10.4. The number of sulfonamides is 1. The Kier molecular flexibility index (Phi) is 4.98. The van der Waals surface area contributed by atoms with Crippen LogP contribution in [0.5, 0.6) is 0 Å². The third kappa shape index (κ3) is 3.45. The molecule has 8 nitrogen and oxygen atoms in total. The topological polar surface area (TPSA) is 104 Å². The van der Waals surface area contributed by atoms with Crippen LogP contribution in [0.4, 0.5) is 5.69 Å². The van der Waals surface area contributed by atoms with Crippen LogP contribution >= 0.6 is 11.6 Å². The predicted molar refractivity (Wildman–Crippen MR) is 117 cm³/mol. The maximum atomic E-state index is 13.0. The molecule has 1 saturated heterocycles. The van der Waals surface area contributed by atoms with Crippen LogP contribution in [0, 0.1) is 0 Å². The zero-order valence-corrected chi connectivity index (χ0v) is 18.6. The molecule has 166 valence electrons. The minimum absolute atomic E-state index is 0.0739. The lowest BCUT2D eigenvalue weighted by molar-refractivity contribution is 0.0793. The predicted octanol–water partition coefficient (Wildman–Crippen LogP) is 3.14. The number of rotatable bonds is 4. The number of amides is 3. The van der Waals surface area contributed by atoms with E-state index in [-0.39, 0.29) is 39.2 Å². The number of carbonyl (C=O) groups excluding carboxylic acids is 3. The maximum absolute atomic E-state index is 13.0. The van der Waals surface area contributed by atoms with Crippen LogP contribution < -0.4 is 5.32 Å². The minimum atomic E-state index is -3.97. The highest BCUT2D eigenvalue weighted by molar-refractivity contribution is 7.90. The lowest BCUT2D eigenvalue weighted by atomic mass is 10.1. The lowest BCUT2D eigenvalue weighted by Crippen LogP contribution is -2.32. The van der Waals surface area contributed by atoms with Crippen molar-refractivity contribution >= 4 is 45.0 Å². The van der Waals surface area contributed by atoms with Gasteiger partial charge < -0.3 is 10.2 Å². The van der Waals surface area contributed by atoms with Crippen molar-refractivity contribution in [3.8, 4) is 0 Å². The summed E-state index contributed by atoms with van der Waals surface area (Å²) in [6.07, 6.45) is 3.15. The van der Waals surface area contributed by atoms with E-state index in [0.29, 0.717) is 31.0 Å². The fourth-order valence-corrected chi connectivity index (χ4v) is 6.16. The van der Waals surface area contributed by atoms with Gasteiger partial charge in [0.05, 0.1) is 16.8 Å². The third-order valence-corrected chi connectivity index (χ3v) is 8.05. The van der Waals surface area contributed by atoms with Gasteiger partial charge in [0.15, 0.2) is 0 Å². The van der Waals surface area contributed by atoms with Gasteiger partial charge in [-0.25, -0.2) is 12.7 Å². The summed E-state index contributed by atoms with van der Waals surface area (Å²) >= 11 is 6.09. The molecule has 2 aliphatic heterocycles. The summed E-state index contributed by atoms with van der Waals surface area (Å²) < 4.78 is 26.6. The Balaban J connectivity index is 1.44. The maximum Gasteiger partial charge on any atom is 0.269 e. The summed E-state index contributed by atoms with van der Waals surface area (Å²) in [7, 11) is -3.97. The molecule has 2 heterocycles. The quantitative estimate of drug-likeness (QED) is 0.734. The molecule has 1 aliphatic carbocycles. The first-order chi connectivity index (χ1) is 15.3. The molecule has 0 spiro atoms. The Morgan fingerprint density at radius 2 is 1.75 bits per heavy atom. The molecule has 1 N–H and O–H groups in total. The first kappa shape index (κ1) is 21.0. The summed E-state index contributed by atoms with van der Waals surface area (Å²) in [5.74, 6) is -1.36. The summed E-state index contributed by atoms with van der Waals surface area (Å²) in [4.78, 5) is 39.9. The molecule has 5 rings (SSSR count). The fraction of sp³-hybridized carbons (Fsp3) is 0.318. The Hall–Kier alpha value is -2.91. The SMILES string of the molecule is O=C(Nc1ccc(Cl)cc1C(=O)N1CCCC1)c1ccc2c(c1)S(=O)(=O)N(C1CC1)C2=O. The van der Waals surface area contributed by atoms with Gasteiger partial charge in [0.1, 0.15) is 4.90 Å². The van der Waals surface area contributed by atoms with Gasteiger partial charge in [0, 0.05) is 29.7 Å². The van der Waals surface area contributed by atoms with Crippen molar-refractivity contribution < 1.29 is 22.8 Å². The van der Waals surface area contributed by atoms with Crippen LogP contribution in [0.2, 0.25) is 5.02 Å². The van der Waals surface area contributed by atoms with Gasteiger partial charge in [-0.3, -0.25) is 14.4 Å². The van der Waals surface area contributed by atoms with E-state index in [1.54, 1.807) is 17.0 Å². The summed E-state index contributed by atoms with van der Waals surface area (Å²) in [5.41, 5.74) is 0.712. The van der Waals surface area contributed by atoms with Gasteiger partial charge in [-0.05, 0) is 62.1 Å². The molecule has 2 aromatic carbocycles. The van der Waals surface area contributed by atoms with Gasteiger partial charge in [-0.1, -0.05) is 11.6 Å². The highest BCUT2D eigenvalue weighted by atomic mass is 35.5. The van der Waals surface area contributed by atoms with Crippen molar-refractivity contribution in [1.82, 2.24) is 9.21 Å². The summed E-state index contributed by atoms with van der Waals surface area (Å²) in [5, 5.41) is 3.06. The molecule has 0 aromatic heterocycles. The van der Waals surface area contributed by atoms with Crippen molar-refractivity contribution in [1.29, 1.82) is 0 Å². The number of hydrogen-bond acceptors (Lipinski definition) is 5. The van der Waals surface area contributed by atoms with Crippen molar-refractivity contribution in [3.05, 3.63) is 58.1 Å².